The number of nitrogens with one attached hydrogen (secondary N) is 2. The van der Waals surface area contributed by atoms with Gasteiger partial charge in [0.15, 0.2) is 5.96 Å². The Labute approximate surface area is 183 Å². The van der Waals surface area contributed by atoms with E-state index in [1.165, 1.54) is 17.7 Å². The molecule has 0 atom stereocenters. The minimum absolute atomic E-state index is 0. The van der Waals surface area contributed by atoms with Crippen molar-refractivity contribution in [1.29, 1.82) is 0 Å². The fraction of sp³-hybridized carbons (Fsp3) is 0.500. The van der Waals surface area contributed by atoms with Gasteiger partial charge >= 0.3 is 0 Å². The van der Waals surface area contributed by atoms with E-state index in [2.05, 4.69) is 45.7 Å². The van der Waals surface area contributed by atoms with Crippen molar-refractivity contribution in [1.82, 2.24) is 15.6 Å². The van der Waals surface area contributed by atoms with Gasteiger partial charge in [-0.05, 0) is 45.6 Å². The second kappa shape index (κ2) is 10.8. The number of aromatic nitrogens is 1. The lowest BCUT2D eigenvalue weighted by Crippen LogP contribution is -2.36. The third kappa shape index (κ3) is 6.34. The van der Waals surface area contributed by atoms with E-state index in [0.717, 1.165) is 40.8 Å². The zero-order valence-corrected chi connectivity index (χ0v) is 19.4. The molecule has 0 aliphatic heterocycles. The minimum atomic E-state index is 0. The van der Waals surface area contributed by atoms with Crippen molar-refractivity contribution in [2.24, 2.45) is 4.99 Å². The molecule has 2 N–H and O–H groups in total. The van der Waals surface area contributed by atoms with E-state index in [1.807, 2.05) is 13.0 Å². The highest BCUT2D eigenvalue weighted by atomic mass is 127. The molecule has 1 aliphatic carbocycles. The van der Waals surface area contributed by atoms with Crippen molar-refractivity contribution in [2.75, 3.05) is 7.05 Å². The molecule has 1 saturated carbocycles. The maximum absolute atomic E-state index is 6.21. The Morgan fingerprint density at radius 3 is 2.56 bits per heavy atom. The van der Waals surface area contributed by atoms with Crippen LogP contribution in [0.3, 0.4) is 0 Å². The summed E-state index contributed by atoms with van der Waals surface area (Å²) in [5, 5.41) is 7.79. The Kier molecular flexibility index (Phi) is 8.82. The molecule has 1 aromatic carbocycles. The van der Waals surface area contributed by atoms with Gasteiger partial charge in [-0.15, -0.1) is 35.3 Å². The van der Waals surface area contributed by atoms with Gasteiger partial charge in [0, 0.05) is 24.0 Å². The number of nitrogens with zero attached hydrogens (tertiary/aromatic N) is 2. The molecular weight excluding hydrogens is 471 g/mol. The monoisotopic (exact) mass is 500 g/mol. The van der Waals surface area contributed by atoms with Gasteiger partial charge in [0.05, 0.1) is 18.3 Å². The van der Waals surface area contributed by atoms with E-state index >= 15 is 0 Å². The molecule has 3 rings (SSSR count). The number of rotatable bonds is 6. The van der Waals surface area contributed by atoms with Crippen molar-refractivity contribution in [3.63, 3.8) is 0 Å². The number of hydrogen-bond donors (Lipinski definition) is 2. The number of thiazole rings is 1. The molecular formula is C20H29IN4OS. The first kappa shape index (κ1) is 21.9. The van der Waals surface area contributed by atoms with E-state index in [0.29, 0.717) is 19.2 Å². The third-order valence-electron chi connectivity index (χ3n) is 4.72. The minimum Gasteiger partial charge on any atom is -0.490 e. The van der Waals surface area contributed by atoms with Gasteiger partial charge in [-0.3, -0.25) is 4.99 Å². The highest BCUT2D eigenvalue weighted by Gasteiger charge is 2.17. The Bertz CT molecular complexity index is 737. The molecule has 0 unspecified atom stereocenters. The summed E-state index contributed by atoms with van der Waals surface area (Å²) in [4.78, 5) is 10.1. The van der Waals surface area contributed by atoms with Crippen LogP contribution in [0.15, 0.2) is 29.3 Å². The Hall–Kier alpha value is -1.35. The number of aliphatic imine (C=N–C) groups is 1. The van der Waals surface area contributed by atoms with Gasteiger partial charge in [0.25, 0.3) is 0 Å². The molecule has 1 heterocycles. The zero-order valence-electron chi connectivity index (χ0n) is 16.2. The summed E-state index contributed by atoms with van der Waals surface area (Å²) in [5.41, 5.74) is 2.26. The summed E-state index contributed by atoms with van der Waals surface area (Å²) in [6.07, 6.45) is 5.24. The van der Waals surface area contributed by atoms with Crippen LogP contribution < -0.4 is 15.4 Å². The van der Waals surface area contributed by atoms with Crippen molar-refractivity contribution < 1.29 is 4.74 Å². The molecule has 0 bridgehead atoms. The van der Waals surface area contributed by atoms with Crippen LogP contribution in [0, 0.1) is 13.8 Å². The maximum atomic E-state index is 6.21. The highest BCUT2D eigenvalue weighted by Crippen LogP contribution is 2.26. The summed E-state index contributed by atoms with van der Waals surface area (Å²) >= 11 is 1.73. The first-order chi connectivity index (χ1) is 12.7. The predicted octanol–water partition coefficient (Wildman–Crippen LogP) is 4.56. The zero-order chi connectivity index (χ0) is 18.4. The van der Waals surface area contributed by atoms with Gasteiger partial charge in [-0.2, -0.15) is 0 Å². The van der Waals surface area contributed by atoms with Gasteiger partial charge in [-0.1, -0.05) is 18.2 Å². The van der Waals surface area contributed by atoms with Crippen LogP contribution in [0.5, 0.6) is 5.75 Å². The molecule has 0 spiro atoms. The molecule has 5 nitrogen and oxygen atoms in total. The lowest BCUT2D eigenvalue weighted by Gasteiger charge is -2.17. The molecule has 7 heteroatoms. The van der Waals surface area contributed by atoms with E-state index in [4.69, 9.17) is 4.74 Å². The Morgan fingerprint density at radius 2 is 1.89 bits per heavy atom. The first-order valence-corrected chi connectivity index (χ1v) is 10.1. The lowest BCUT2D eigenvalue weighted by molar-refractivity contribution is 0.208. The van der Waals surface area contributed by atoms with Crippen LogP contribution in [0.1, 0.15) is 46.8 Å². The molecule has 27 heavy (non-hydrogen) atoms. The SMILES string of the molecule is CN=C(NCc1nc(C)c(C)s1)NCc1ccccc1OC1CCCC1.I. The maximum Gasteiger partial charge on any atom is 0.191 e. The fourth-order valence-corrected chi connectivity index (χ4v) is 4.00. The molecule has 148 valence electrons. The number of ether oxygens (including phenoxy) is 1. The van der Waals surface area contributed by atoms with Gasteiger partial charge in [0.1, 0.15) is 10.8 Å². The van der Waals surface area contributed by atoms with E-state index in [1.54, 1.807) is 18.4 Å². The Morgan fingerprint density at radius 1 is 1.19 bits per heavy atom. The van der Waals surface area contributed by atoms with Crippen molar-refractivity contribution in [3.05, 3.63) is 45.4 Å². The van der Waals surface area contributed by atoms with E-state index < -0.39 is 0 Å². The van der Waals surface area contributed by atoms with Crippen LogP contribution in [0.2, 0.25) is 0 Å². The number of aryl methyl sites for hydroxylation is 2. The van der Waals surface area contributed by atoms with Gasteiger partial charge in [-0.25, -0.2) is 4.98 Å². The molecule has 0 radical (unpaired) electrons. The second-order valence-corrected chi connectivity index (χ2v) is 7.95. The van der Waals surface area contributed by atoms with Crippen LogP contribution in [0.4, 0.5) is 0 Å². The fourth-order valence-electron chi connectivity index (χ4n) is 3.12. The highest BCUT2D eigenvalue weighted by molar-refractivity contribution is 14.0. The average molecular weight is 500 g/mol. The Balaban J connectivity index is 0.00000261. The molecule has 0 amide bonds. The number of para-hydroxylation sites is 1. The third-order valence-corrected chi connectivity index (χ3v) is 5.79. The standard InChI is InChI=1S/C20H28N4OS.HI/c1-14-15(2)26-19(24-14)13-23-20(21-3)22-12-16-8-4-7-11-18(16)25-17-9-5-6-10-17;/h4,7-8,11,17H,5-6,9-10,12-13H2,1-3H3,(H2,21,22,23);1H. The van der Waals surface area contributed by atoms with Crippen LogP contribution >= 0.6 is 35.3 Å². The number of halogens is 1. The van der Waals surface area contributed by atoms with Crippen LogP contribution in [-0.2, 0) is 13.1 Å². The molecule has 0 saturated heterocycles. The van der Waals surface area contributed by atoms with Gasteiger partial charge < -0.3 is 15.4 Å². The van der Waals surface area contributed by atoms with Crippen molar-refractivity contribution >= 4 is 41.3 Å². The predicted molar refractivity (Wildman–Crippen MR) is 123 cm³/mol. The summed E-state index contributed by atoms with van der Waals surface area (Å²) in [5.74, 6) is 1.75. The number of benzene rings is 1. The van der Waals surface area contributed by atoms with Crippen molar-refractivity contribution in [2.45, 2.75) is 58.7 Å². The largest absolute Gasteiger partial charge is 0.490 e. The molecule has 2 aromatic rings. The van der Waals surface area contributed by atoms with E-state index in [-0.39, 0.29) is 24.0 Å². The molecule has 1 aliphatic rings. The number of hydrogen-bond acceptors (Lipinski definition) is 4. The number of guanidine groups is 1. The summed E-state index contributed by atoms with van der Waals surface area (Å²) in [7, 11) is 1.79. The smallest absolute Gasteiger partial charge is 0.191 e. The average Bonchev–Trinajstić information content (AvgIpc) is 3.26. The normalized spacial score (nSPS) is 14.7. The summed E-state index contributed by atoms with van der Waals surface area (Å²) in [6, 6.07) is 8.26. The summed E-state index contributed by atoms with van der Waals surface area (Å²) in [6.45, 7) is 5.51. The van der Waals surface area contributed by atoms with Crippen LogP contribution in [-0.4, -0.2) is 24.1 Å². The van der Waals surface area contributed by atoms with Gasteiger partial charge in [0.2, 0.25) is 0 Å². The quantitative estimate of drug-likeness (QED) is 0.347. The van der Waals surface area contributed by atoms with E-state index in [9.17, 15) is 0 Å². The molecule has 1 fully saturated rings. The first-order valence-electron chi connectivity index (χ1n) is 9.27. The topological polar surface area (TPSA) is 58.5 Å². The van der Waals surface area contributed by atoms with Crippen molar-refractivity contribution in [3.8, 4) is 5.75 Å². The lowest BCUT2D eigenvalue weighted by atomic mass is 10.2. The van der Waals surface area contributed by atoms with Crippen LogP contribution in [0.25, 0.3) is 0 Å². The summed E-state index contributed by atoms with van der Waals surface area (Å²) < 4.78 is 6.21. The molecule has 1 aromatic heterocycles. The second-order valence-electron chi connectivity index (χ2n) is 6.66.